The van der Waals surface area contributed by atoms with Crippen molar-refractivity contribution < 1.29 is 0 Å². The minimum atomic E-state index is -0.287. The zero-order chi connectivity index (χ0) is 24.3. The van der Waals surface area contributed by atoms with Gasteiger partial charge in [-0.15, -0.1) is 12.4 Å². The lowest BCUT2D eigenvalue weighted by Gasteiger charge is -2.32. The summed E-state index contributed by atoms with van der Waals surface area (Å²) in [5.41, 5.74) is 11.2. The Bertz CT molecular complexity index is 1340. The van der Waals surface area contributed by atoms with Crippen molar-refractivity contribution in [2.45, 2.75) is 26.8 Å². The van der Waals surface area contributed by atoms with Gasteiger partial charge in [0.2, 0.25) is 5.95 Å². The van der Waals surface area contributed by atoms with Crippen LogP contribution < -0.4 is 16.6 Å². The Morgan fingerprint density at radius 1 is 1.00 bits per heavy atom. The molecule has 0 fully saturated rings. The maximum atomic E-state index is 13.6. The van der Waals surface area contributed by atoms with Crippen LogP contribution in [-0.4, -0.2) is 21.1 Å². The van der Waals surface area contributed by atoms with Crippen molar-refractivity contribution in [3.8, 4) is 22.4 Å². The second kappa shape index (κ2) is 10.8. The molecule has 0 aliphatic carbocycles. The van der Waals surface area contributed by atoms with E-state index in [2.05, 4.69) is 24.1 Å². The molecule has 1 unspecified atom stereocenters. The number of nitrogens with one attached hydrogen (secondary N) is 1. The maximum absolute atomic E-state index is 13.6. The number of anilines is 1. The van der Waals surface area contributed by atoms with Crippen LogP contribution >= 0.6 is 12.4 Å². The highest BCUT2D eigenvalue weighted by Gasteiger charge is 2.28. The number of aromatic nitrogens is 3. The molecule has 4 aromatic rings. The van der Waals surface area contributed by atoms with Gasteiger partial charge in [-0.3, -0.25) is 14.3 Å². The van der Waals surface area contributed by atoms with E-state index in [1.165, 1.54) is 0 Å². The molecular weight excluding hydrogens is 458 g/mol. The van der Waals surface area contributed by atoms with E-state index in [1.807, 2.05) is 73.7 Å². The van der Waals surface area contributed by atoms with Crippen LogP contribution in [0.4, 0.5) is 5.95 Å². The molecule has 1 atom stereocenters. The van der Waals surface area contributed by atoms with Crippen molar-refractivity contribution in [3.63, 3.8) is 0 Å². The monoisotopic (exact) mass is 489 g/mol. The Morgan fingerprint density at radius 2 is 1.69 bits per heavy atom. The summed E-state index contributed by atoms with van der Waals surface area (Å²) < 4.78 is 1.58. The normalized spacial score (nSPS) is 12.0. The molecule has 0 aliphatic rings. The van der Waals surface area contributed by atoms with E-state index >= 15 is 0 Å². The molecule has 35 heavy (non-hydrogen) atoms. The molecule has 0 bridgehead atoms. The molecule has 182 valence electrons. The quantitative estimate of drug-likeness (QED) is 0.364. The summed E-state index contributed by atoms with van der Waals surface area (Å²) in [4.78, 5) is 22.7. The average Bonchev–Trinajstić information content (AvgIpc) is 2.85. The van der Waals surface area contributed by atoms with E-state index in [1.54, 1.807) is 24.0 Å². The zero-order valence-electron chi connectivity index (χ0n) is 20.5. The Labute approximate surface area is 212 Å². The van der Waals surface area contributed by atoms with Gasteiger partial charge in [-0.25, -0.2) is 4.98 Å². The SMILES string of the molecule is Cc1cccc(-c2c(-c3ccncc3)nc(NCC(C)(C)C(N)c3ccccc3)n(C)c2=O)c1.Cl. The van der Waals surface area contributed by atoms with E-state index < -0.39 is 0 Å². The predicted octanol–water partition coefficient (Wildman–Crippen LogP) is 5.38. The topological polar surface area (TPSA) is 85.8 Å². The van der Waals surface area contributed by atoms with Gasteiger partial charge >= 0.3 is 0 Å². The van der Waals surface area contributed by atoms with Gasteiger partial charge in [-0.2, -0.15) is 0 Å². The Balaban J connectivity index is 0.00000342. The number of halogens is 1. The number of nitrogens with two attached hydrogens (primary N) is 1. The first kappa shape index (κ1) is 26.1. The number of hydrogen-bond donors (Lipinski definition) is 2. The summed E-state index contributed by atoms with van der Waals surface area (Å²) in [5.74, 6) is 0.501. The standard InChI is InChI=1S/C28H31N5O.ClH/c1-19-9-8-12-22(17-19)23-24(20-13-15-30-16-14-20)32-27(33(4)26(23)34)31-18-28(2,3)25(29)21-10-6-5-7-11-21;/h5-17,25H,18,29H2,1-4H3,(H,31,32);1H. The molecule has 0 aliphatic heterocycles. The molecule has 0 saturated heterocycles. The number of hydrogen-bond acceptors (Lipinski definition) is 5. The van der Waals surface area contributed by atoms with Gasteiger partial charge in [0.1, 0.15) is 0 Å². The smallest absolute Gasteiger partial charge is 0.263 e. The number of aryl methyl sites for hydroxylation is 1. The third kappa shape index (κ3) is 5.61. The third-order valence-corrected chi connectivity index (χ3v) is 6.25. The van der Waals surface area contributed by atoms with Crippen LogP contribution in [0.25, 0.3) is 22.4 Å². The first-order valence-corrected chi connectivity index (χ1v) is 11.4. The predicted molar refractivity (Wildman–Crippen MR) is 146 cm³/mol. The summed E-state index contributed by atoms with van der Waals surface area (Å²) >= 11 is 0. The highest BCUT2D eigenvalue weighted by Crippen LogP contribution is 2.32. The second-order valence-electron chi connectivity index (χ2n) is 9.36. The summed E-state index contributed by atoms with van der Waals surface area (Å²) in [6.07, 6.45) is 3.42. The molecule has 2 aromatic heterocycles. The van der Waals surface area contributed by atoms with Gasteiger partial charge in [-0.05, 0) is 30.2 Å². The fourth-order valence-electron chi connectivity index (χ4n) is 4.07. The maximum Gasteiger partial charge on any atom is 0.263 e. The molecule has 0 saturated carbocycles. The van der Waals surface area contributed by atoms with Crippen LogP contribution in [0.1, 0.15) is 31.0 Å². The van der Waals surface area contributed by atoms with Crippen LogP contribution in [0.15, 0.2) is 83.9 Å². The molecule has 3 N–H and O–H groups in total. The van der Waals surface area contributed by atoms with Crippen LogP contribution in [0, 0.1) is 12.3 Å². The molecular formula is C28H32ClN5O. The van der Waals surface area contributed by atoms with Crippen molar-refractivity contribution in [1.29, 1.82) is 0 Å². The van der Waals surface area contributed by atoms with Gasteiger partial charge in [0, 0.05) is 43.0 Å². The Morgan fingerprint density at radius 3 is 2.34 bits per heavy atom. The fourth-order valence-corrected chi connectivity index (χ4v) is 4.07. The molecule has 7 heteroatoms. The zero-order valence-corrected chi connectivity index (χ0v) is 21.3. The van der Waals surface area contributed by atoms with Gasteiger partial charge in [-0.1, -0.05) is 74.0 Å². The average molecular weight is 490 g/mol. The summed E-state index contributed by atoms with van der Waals surface area (Å²) in [6.45, 7) is 6.78. The van der Waals surface area contributed by atoms with Gasteiger partial charge in [0.25, 0.3) is 5.56 Å². The van der Waals surface area contributed by atoms with E-state index in [-0.39, 0.29) is 29.4 Å². The van der Waals surface area contributed by atoms with Crippen molar-refractivity contribution in [3.05, 3.63) is 101 Å². The van der Waals surface area contributed by atoms with E-state index in [0.717, 1.165) is 22.3 Å². The molecule has 0 spiro atoms. The molecule has 6 nitrogen and oxygen atoms in total. The highest BCUT2D eigenvalue weighted by molar-refractivity contribution is 5.85. The first-order valence-electron chi connectivity index (χ1n) is 11.4. The second-order valence-corrected chi connectivity index (χ2v) is 9.36. The fraction of sp³-hybridized carbons (Fsp3) is 0.250. The third-order valence-electron chi connectivity index (χ3n) is 6.25. The van der Waals surface area contributed by atoms with Gasteiger partial charge < -0.3 is 11.1 Å². The molecule has 4 rings (SSSR count). The van der Waals surface area contributed by atoms with Crippen LogP contribution in [0.2, 0.25) is 0 Å². The summed E-state index contributed by atoms with van der Waals surface area (Å²) in [6, 6.07) is 21.6. The Hall–Kier alpha value is -3.48. The van der Waals surface area contributed by atoms with Crippen LogP contribution in [0.3, 0.4) is 0 Å². The lowest BCUT2D eigenvalue weighted by atomic mass is 9.81. The lowest BCUT2D eigenvalue weighted by molar-refractivity contribution is 0.310. The van der Waals surface area contributed by atoms with E-state index in [0.29, 0.717) is 23.8 Å². The largest absolute Gasteiger partial charge is 0.355 e. The van der Waals surface area contributed by atoms with Crippen molar-refractivity contribution in [2.75, 3.05) is 11.9 Å². The molecule has 2 heterocycles. The van der Waals surface area contributed by atoms with Crippen molar-refractivity contribution in [1.82, 2.24) is 14.5 Å². The number of benzene rings is 2. The Kier molecular flexibility index (Phi) is 8.10. The van der Waals surface area contributed by atoms with Gasteiger partial charge in [0.05, 0.1) is 11.3 Å². The minimum Gasteiger partial charge on any atom is -0.355 e. The molecule has 0 radical (unpaired) electrons. The molecule has 2 aromatic carbocycles. The molecule has 0 amide bonds. The minimum absolute atomic E-state index is 0. The van der Waals surface area contributed by atoms with Crippen molar-refractivity contribution in [2.24, 2.45) is 18.2 Å². The highest BCUT2D eigenvalue weighted by atomic mass is 35.5. The van der Waals surface area contributed by atoms with E-state index in [9.17, 15) is 4.79 Å². The van der Waals surface area contributed by atoms with Crippen LogP contribution in [-0.2, 0) is 7.05 Å². The number of rotatable bonds is 7. The van der Waals surface area contributed by atoms with Crippen molar-refractivity contribution >= 4 is 18.4 Å². The van der Waals surface area contributed by atoms with Crippen LogP contribution in [0.5, 0.6) is 0 Å². The van der Waals surface area contributed by atoms with E-state index in [4.69, 9.17) is 10.7 Å². The lowest BCUT2D eigenvalue weighted by Crippen LogP contribution is -2.36. The summed E-state index contributed by atoms with van der Waals surface area (Å²) in [7, 11) is 1.75. The number of nitrogens with zero attached hydrogens (tertiary/aromatic N) is 3. The first-order chi connectivity index (χ1) is 16.3. The number of pyridine rings is 1. The summed E-state index contributed by atoms with van der Waals surface area (Å²) in [5, 5.41) is 3.40. The van der Waals surface area contributed by atoms with Gasteiger partial charge in [0.15, 0.2) is 0 Å².